The lowest BCUT2D eigenvalue weighted by atomic mass is 10.2. The zero-order valence-electron chi connectivity index (χ0n) is 10.3. The van der Waals surface area contributed by atoms with Crippen molar-refractivity contribution in [2.24, 2.45) is 5.10 Å². The smallest absolute Gasteiger partial charge is 0.431 e. The molecule has 0 unspecified atom stereocenters. The summed E-state index contributed by atoms with van der Waals surface area (Å²) in [5.74, 6) is 0. The third-order valence-electron chi connectivity index (χ3n) is 1.24. The van der Waals surface area contributed by atoms with Gasteiger partial charge in [0.1, 0.15) is 12.1 Å². The first-order chi connectivity index (χ1) is 7.11. The van der Waals surface area contributed by atoms with E-state index in [2.05, 4.69) is 5.10 Å². The second-order valence-electron chi connectivity index (χ2n) is 4.50. The fraction of sp³-hybridized carbons (Fsp3) is 0.800. The van der Waals surface area contributed by atoms with E-state index in [1.165, 1.54) is 0 Å². The van der Waals surface area contributed by atoms with Crippen LogP contribution in [0.4, 0.5) is 13.6 Å². The van der Waals surface area contributed by atoms with Gasteiger partial charge in [0.25, 0.3) is 6.43 Å². The third-order valence-corrected chi connectivity index (χ3v) is 1.24. The molecule has 0 radical (unpaired) electrons. The Hall–Kier alpha value is -1.20. The molecule has 0 saturated heterocycles. The first kappa shape index (κ1) is 14.8. The maximum atomic E-state index is 12.2. The van der Waals surface area contributed by atoms with E-state index in [-0.39, 0.29) is 0 Å². The molecule has 0 heterocycles. The summed E-state index contributed by atoms with van der Waals surface area (Å²) in [4.78, 5) is 11.5. The number of carbonyl (C=O) groups excluding carboxylic acids is 1. The fourth-order valence-electron chi connectivity index (χ4n) is 0.843. The molecule has 1 amide bonds. The number of rotatable bonds is 3. The molecule has 0 aromatic carbocycles. The van der Waals surface area contributed by atoms with Crippen LogP contribution >= 0.6 is 0 Å². The number of alkyl halides is 2. The van der Waals surface area contributed by atoms with Crippen molar-refractivity contribution in [3.8, 4) is 0 Å². The molecule has 0 rings (SSSR count). The third kappa shape index (κ3) is 7.14. The van der Waals surface area contributed by atoms with Crippen LogP contribution in [0.1, 0.15) is 34.6 Å². The van der Waals surface area contributed by atoms with E-state index >= 15 is 0 Å². The maximum Gasteiger partial charge on any atom is 0.431 e. The van der Waals surface area contributed by atoms with E-state index < -0.39 is 24.7 Å². The molecule has 4 nitrogen and oxygen atoms in total. The number of hydrogen-bond donors (Lipinski definition) is 0. The molecular weight excluding hydrogens is 218 g/mol. The standard InChI is InChI=1S/C10H18F2N2O2/c1-7(2)13-14(6-8(11)12)9(15)16-10(3,4)5/h8H,6H2,1-5H3. The molecule has 94 valence electrons. The van der Waals surface area contributed by atoms with Crippen molar-refractivity contribution < 1.29 is 18.3 Å². The molecule has 0 aliphatic carbocycles. The molecule has 0 aliphatic heterocycles. The van der Waals surface area contributed by atoms with E-state index in [1.54, 1.807) is 34.6 Å². The number of nitrogens with zero attached hydrogens (tertiary/aromatic N) is 2. The normalized spacial score (nSPS) is 11.2. The van der Waals surface area contributed by atoms with Crippen LogP contribution < -0.4 is 0 Å². The van der Waals surface area contributed by atoms with Gasteiger partial charge >= 0.3 is 6.09 Å². The van der Waals surface area contributed by atoms with Crippen LogP contribution in [0.25, 0.3) is 0 Å². The number of hydrogen-bond acceptors (Lipinski definition) is 3. The first-order valence-corrected chi connectivity index (χ1v) is 4.92. The largest absolute Gasteiger partial charge is 0.442 e. The zero-order chi connectivity index (χ0) is 12.9. The van der Waals surface area contributed by atoms with Crippen LogP contribution in [-0.4, -0.2) is 35.4 Å². The van der Waals surface area contributed by atoms with Crippen LogP contribution in [0, 0.1) is 0 Å². The Balaban J connectivity index is 4.64. The molecule has 6 heteroatoms. The molecule has 0 aromatic heterocycles. The average molecular weight is 236 g/mol. The molecule has 0 spiro atoms. The summed E-state index contributed by atoms with van der Waals surface area (Å²) in [7, 11) is 0. The predicted molar refractivity (Wildman–Crippen MR) is 57.7 cm³/mol. The summed E-state index contributed by atoms with van der Waals surface area (Å²) in [5, 5.41) is 4.34. The maximum absolute atomic E-state index is 12.2. The SMILES string of the molecule is CC(C)=NN(CC(F)F)C(=O)OC(C)(C)C. The minimum absolute atomic E-state index is 0.506. The van der Waals surface area contributed by atoms with Gasteiger partial charge in [-0.3, -0.25) is 0 Å². The number of hydrazone groups is 1. The first-order valence-electron chi connectivity index (χ1n) is 4.92. The van der Waals surface area contributed by atoms with E-state index in [1.807, 2.05) is 0 Å². The topological polar surface area (TPSA) is 41.9 Å². The van der Waals surface area contributed by atoms with Gasteiger partial charge < -0.3 is 4.74 Å². The van der Waals surface area contributed by atoms with Crippen molar-refractivity contribution in [3.63, 3.8) is 0 Å². The summed E-state index contributed by atoms with van der Waals surface area (Å²) in [6.45, 7) is 7.45. The van der Waals surface area contributed by atoms with Gasteiger partial charge in [-0.1, -0.05) is 0 Å². The molecular formula is C10H18F2N2O2. The minimum atomic E-state index is -2.64. The average Bonchev–Trinajstić information content (AvgIpc) is 1.97. The monoisotopic (exact) mass is 236 g/mol. The van der Waals surface area contributed by atoms with Crippen molar-refractivity contribution in [2.45, 2.75) is 46.6 Å². The van der Waals surface area contributed by atoms with Crippen LogP contribution in [-0.2, 0) is 4.74 Å². The summed E-state index contributed by atoms with van der Waals surface area (Å²) in [6, 6.07) is 0. The molecule has 16 heavy (non-hydrogen) atoms. The fourth-order valence-corrected chi connectivity index (χ4v) is 0.843. The number of halogens is 2. The Bertz CT molecular complexity index is 268. The molecule has 0 aliphatic rings. The van der Waals surface area contributed by atoms with Crippen molar-refractivity contribution >= 4 is 11.8 Å². The Morgan fingerprint density at radius 2 is 1.88 bits per heavy atom. The Morgan fingerprint density at radius 3 is 2.19 bits per heavy atom. The van der Waals surface area contributed by atoms with Crippen LogP contribution in [0.3, 0.4) is 0 Å². The van der Waals surface area contributed by atoms with Gasteiger partial charge in [0.05, 0.1) is 0 Å². The Morgan fingerprint density at radius 1 is 1.38 bits per heavy atom. The van der Waals surface area contributed by atoms with Crippen molar-refractivity contribution in [1.82, 2.24) is 5.01 Å². The molecule has 0 bridgehead atoms. The summed E-state index contributed by atoms with van der Waals surface area (Å²) in [5.41, 5.74) is -0.222. The summed E-state index contributed by atoms with van der Waals surface area (Å²) in [6.07, 6.45) is -3.51. The Kier molecular flexibility index (Phi) is 5.33. The highest BCUT2D eigenvalue weighted by Crippen LogP contribution is 2.11. The van der Waals surface area contributed by atoms with Gasteiger partial charge in [0.2, 0.25) is 0 Å². The number of amides is 1. The van der Waals surface area contributed by atoms with Crippen molar-refractivity contribution in [2.75, 3.05) is 6.54 Å². The van der Waals surface area contributed by atoms with Crippen molar-refractivity contribution in [3.05, 3.63) is 0 Å². The number of carbonyl (C=O) groups is 1. The second-order valence-corrected chi connectivity index (χ2v) is 4.50. The summed E-state index contributed by atoms with van der Waals surface area (Å²) >= 11 is 0. The van der Waals surface area contributed by atoms with E-state index in [4.69, 9.17) is 4.74 Å². The van der Waals surface area contributed by atoms with Gasteiger partial charge in [0.15, 0.2) is 0 Å². The van der Waals surface area contributed by atoms with Gasteiger partial charge in [-0.15, -0.1) is 0 Å². The van der Waals surface area contributed by atoms with E-state index in [9.17, 15) is 13.6 Å². The number of ether oxygens (including phenoxy) is 1. The second kappa shape index (κ2) is 5.77. The van der Waals surface area contributed by atoms with Gasteiger partial charge in [-0.25, -0.2) is 13.6 Å². The molecule has 0 atom stereocenters. The lowest BCUT2D eigenvalue weighted by Gasteiger charge is -2.24. The highest BCUT2D eigenvalue weighted by Gasteiger charge is 2.24. The van der Waals surface area contributed by atoms with Crippen LogP contribution in [0.15, 0.2) is 5.10 Å². The minimum Gasteiger partial charge on any atom is -0.442 e. The Labute approximate surface area is 94.3 Å². The van der Waals surface area contributed by atoms with Gasteiger partial charge in [-0.2, -0.15) is 10.1 Å². The van der Waals surface area contributed by atoms with E-state index in [0.717, 1.165) is 0 Å². The zero-order valence-corrected chi connectivity index (χ0v) is 10.3. The van der Waals surface area contributed by atoms with Crippen molar-refractivity contribution in [1.29, 1.82) is 0 Å². The molecule has 0 fully saturated rings. The van der Waals surface area contributed by atoms with Crippen LogP contribution in [0.2, 0.25) is 0 Å². The molecule has 0 N–H and O–H groups in total. The summed E-state index contributed by atoms with van der Waals surface area (Å²) < 4.78 is 29.4. The highest BCUT2D eigenvalue weighted by molar-refractivity contribution is 5.80. The van der Waals surface area contributed by atoms with Crippen LogP contribution in [0.5, 0.6) is 0 Å². The molecule has 0 saturated carbocycles. The lowest BCUT2D eigenvalue weighted by molar-refractivity contribution is 0.0108. The van der Waals surface area contributed by atoms with Gasteiger partial charge in [-0.05, 0) is 34.6 Å². The quantitative estimate of drug-likeness (QED) is 0.558. The highest BCUT2D eigenvalue weighted by atomic mass is 19.3. The van der Waals surface area contributed by atoms with Gasteiger partial charge in [0, 0.05) is 5.71 Å². The lowest BCUT2D eigenvalue weighted by Crippen LogP contribution is -2.36. The molecule has 0 aromatic rings. The van der Waals surface area contributed by atoms with E-state index in [0.29, 0.717) is 10.7 Å². The predicted octanol–water partition coefficient (Wildman–Crippen LogP) is 2.88.